The lowest BCUT2D eigenvalue weighted by Gasteiger charge is -2.10. The van der Waals surface area contributed by atoms with Crippen LogP contribution in [0.25, 0.3) is 0 Å². The van der Waals surface area contributed by atoms with Crippen LogP contribution in [0.15, 0.2) is 42.5 Å². The maximum Gasteiger partial charge on any atom is 0.252 e. The summed E-state index contributed by atoms with van der Waals surface area (Å²) < 4.78 is 10.8. The number of methoxy groups -OCH3 is 1. The molecule has 0 fully saturated rings. The molecule has 0 aliphatic rings. The van der Waals surface area contributed by atoms with Crippen LogP contribution >= 0.6 is 0 Å². The van der Waals surface area contributed by atoms with Gasteiger partial charge in [-0.3, -0.25) is 4.79 Å². The molecule has 0 saturated carbocycles. The third-order valence-corrected chi connectivity index (χ3v) is 2.93. The SMILES string of the molecule is COc1cc(COc2ccccc2C(N)=O)ccc1C#N. The number of rotatable bonds is 5. The summed E-state index contributed by atoms with van der Waals surface area (Å²) in [6.07, 6.45) is 0. The minimum atomic E-state index is -0.539. The molecule has 0 unspecified atom stereocenters. The minimum Gasteiger partial charge on any atom is -0.495 e. The van der Waals surface area contributed by atoms with Crippen molar-refractivity contribution in [3.63, 3.8) is 0 Å². The van der Waals surface area contributed by atoms with E-state index in [1.807, 2.05) is 6.07 Å². The van der Waals surface area contributed by atoms with Gasteiger partial charge in [0.05, 0.1) is 18.2 Å². The van der Waals surface area contributed by atoms with Crippen molar-refractivity contribution >= 4 is 5.91 Å². The number of carbonyl (C=O) groups is 1. The van der Waals surface area contributed by atoms with Gasteiger partial charge in [-0.05, 0) is 29.8 Å². The van der Waals surface area contributed by atoms with Gasteiger partial charge in [0, 0.05) is 0 Å². The highest BCUT2D eigenvalue weighted by molar-refractivity contribution is 5.95. The zero-order valence-corrected chi connectivity index (χ0v) is 11.5. The van der Waals surface area contributed by atoms with Crippen molar-refractivity contribution in [1.29, 1.82) is 5.26 Å². The summed E-state index contributed by atoms with van der Waals surface area (Å²) >= 11 is 0. The summed E-state index contributed by atoms with van der Waals surface area (Å²) in [6.45, 7) is 0.242. The molecule has 1 amide bonds. The van der Waals surface area contributed by atoms with E-state index in [0.29, 0.717) is 22.6 Å². The van der Waals surface area contributed by atoms with E-state index in [1.54, 1.807) is 42.5 Å². The van der Waals surface area contributed by atoms with Gasteiger partial charge < -0.3 is 15.2 Å². The number of ether oxygens (including phenoxy) is 2. The average molecular weight is 282 g/mol. The van der Waals surface area contributed by atoms with Crippen LogP contribution < -0.4 is 15.2 Å². The predicted molar refractivity (Wildman–Crippen MR) is 77.0 cm³/mol. The Bertz CT molecular complexity index is 705. The summed E-state index contributed by atoms with van der Waals surface area (Å²) in [5.41, 5.74) is 6.91. The lowest BCUT2D eigenvalue weighted by Crippen LogP contribution is -2.12. The third-order valence-electron chi connectivity index (χ3n) is 2.93. The van der Waals surface area contributed by atoms with Gasteiger partial charge in [0.2, 0.25) is 0 Å². The van der Waals surface area contributed by atoms with Crippen LogP contribution in [0, 0.1) is 11.3 Å². The van der Waals surface area contributed by atoms with Gasteiger partial charge in [0.1, 0.15) is 24.2 Å². The van der Waals surface area contributed by atoms with Gasteiger partial charge in [-0.15, -0.1) is 0 Å². The van der Waals surface area contributed by atoms with Crippen LogP contribution in [0.5, 0.6) is 11.5 Å². The van der Waals surface area contributed by atoms with Crippen LogP contribution in [0.3, 0.4) is 0 Å². The van der Waals surface area contributed by atoms with Crippen LogP contribution in [0.1, 0.15) is 21.5 Å². The molecule has 5 heteroatoms. The molecular weight excluding hydrogens is 268 g/mol. The zero-order valence-electron chi connectivity index (χ0n) is 11.5. The minimum absolute atomic E-state index is 0.242. The van der Waals surface area contributed by atoms with Crippen molar-refractivity contribution in [2.45, 2.75) is 6.61 Å². The molecule has 0 aromatic heterocycles. The summed E-state index contributed by atoms with van der Waals surface area (Å²) in [6, 6.07) is 14.0. The molecule has 2 N–H and O–H groups in total. The van der Waals surface area contributed by atoms with E-state index in [9.17, 15) is 4.79 Å². The largest absolute Gasteiger partial charge is 0.495 e. The monoisotopic (exact) mass is 282 g/mol. The Kier molecular flexibility index (Phi) is 4.42. The fourth-order valence-corrected chi connectivity index (χ4v) is 1.87. The van der Waals surface area contributed by atoms with E-state index in [-0.39, 0.29) is 6.61 Å². The fraction of sp³-hybridized carbons (Fsp3) is 0.125. The molecule has 2 rings (SSSR count). The Morgan fingerprint density at radius 1 is 1.24 bits per heavy atom. The van der Waals surface area contributed by atoms with Crippen LogP contribution in [0.4, 0.5) is 0 Å². The Hall–Kier alpha value is -3.00. The molecule has 0 aliphatic heterocycles. The quantitative estimate of drug-likeness (QED) is 0.911. The summed E-state index contributed by atoms with van der Waals surface area (Å²) in [5.74, 6) is 0.373. The van der Waals surface area contributed by atoms with E-state index in [1.165, 1.54) is 7.11 Å². The second kappa shape index (κ2) is 6.44. The van der Waals surface area contributed by atoms with Crippen molar-refractivity contribution in [1.82, 2.24) is 0 Å². The molecule has 0 heterocycles. The highest BCUT2D eigenvalue weighted by Gasteiger charge is 2.09. The molecule has 21 heavy (non-hydrogen) atoms. The molecule has 106 valence electrons. The van der Waals surface area contributed by atoms with Gasteiger partial charge in [-0.1, -0.05) is 18.2 Å². The van der Waals surface area contributed by atoms with E-state index in [0.717, 1.165) is 5.56 Å². The van der Waals surface area contributed by atoms with Crippen LogP contribution in [-0.2, 0) is 6.61 Å². The first-order valence-corrected chi connectivity index (χ1v) is 6.24. The summed E-state index contributed by atoms with van der Waals surface area (Å²) in [7, 11) is 1.50. The highest BCUT2D eigenvalue weighted by Crippen LogP contribution is 2.22. The molecule has 0 atom stereocenters. The Labute approximate surface area is 122 Å². The van der Waals surface area contributed by atoms with Crippen molar-refractivity contribution < 1.29 is 14.3 Å². The van der Waals surface area contributed by atoms with E-state index >= 15 is 0 Å². The summed E-state index contributed by atoms with van der Waals surface area (Å²) in [5, 5.41) is 8.93. The number of primary amides is 1. The Morgan fingerprint density at radius 3 is 2.67 bits per heavy atom. The van der Waals surface area contributed by atoms with E-state index in [2.05, 4.69) is 0 Å². The van der Waals surface area contributed by atoms with Crippen LogP contribution in [-0.4, -0.2) is 13.0 Å². The molecule has 2 aromatic carbocycles. The summed E-state index contributed by atoms with van der Waals surface area (Å²) in [4.78, 5) is 11.3. The number of hydrogen-bond donors (Lipinski definition) is 1. The number of hydrogen-bond acceptors (Lipinski definition) is 4. The van der Waals surface area contributed by atoms with Gasteiger partial charge in [0.25, 0.3) is 5.91 Å². The number of carbonyl (C=O) groups excluding carboxylic acids is 1. The molecule has 5 nitrogen and oxygen atoms in total. The normalized spacial score (nSPS) is 9.71. The van der Waals surface area contributed by atoms with Crippen molar-refractivity contribution in [3.8, 4) is 17.6 Å². The molecule has 0 radical (unpaired) electrons. The lowest BCUT2D eigenvalue weighted by molar-refractivity contribution is 0.0996. The smallest absolute Gasteiger partial charge is 0.252 e. The fourth-order valence-electron chi connectivity index (χ4n) is 1.87. The molecule has 0 spiro atoms. The predicted octanol–water partition coefficient (Wildman–Crippen LogP) is 2.24. The van der Waals surface area contributed by atoms with Crippen molar-refractivity contribution in [2.24, 2.45) is 5.73 Å². The Morgan fingerprint density at radius 2 is 2.00 bits per heavy atom. The second-order valence-corrected chi connectivity index (χ2v) is 4.30. The number of amides is 1. The number of nitriles is 1. The topological polar surface area (TPSA) is 85.3 Å². The van der Waals surface area contributed by atoms with Gasteiger partial charge in [-0.25, -0.2) is 0 Å². The van der Waals surface area contributed by atoms with Crippen molar-refractivity contribution in [2.75, 3.05) is 7.11 Å². The molecular formula is C16H14N2O3. The maximum atomic E-state index is 11.3. The maximum absolute atomic E-state index is 11.3. The Balaban J connectivity index is 2.18. The number of para-hydroxylation sites is 1. The average Bonchev–Trinajstić information content (AvgIpc) is 2.52. The number of benzene rings is 2. The molecule has 0 bridgehead atoms. The van der Waals surface area contributed by atoms with Gasteiger partial charge >= 0.3 is 0 Å². The van der Waals surface area contributed by atoms with E-state index in [4.69, 9.17) is 20.5 Å². The molecule has 0 aliphatic carbocycles. The first-order valence-electron chi connectivity index (χ1n) is 6.24. The van der Waals surface area contributed by atoms with Crippen LogP contribution in [0.2, 0.25) is 0 Å². The van der Waals surface area contributed by atoms with E-state index < -0.39 is 5.91 Å². The third kappa shape index (κ3) is 3.31. The first-order chi connectivity index (χ1) is 10.2. The van der Waals surface area contributed by atoms with Crippen molar-refractivity contribution in [3.05, 3.63) is 59.2 Å². The van der Waals surface area contributed by atoms with Gasteiger partial charge in [-0.2, -0.15) is 5.26 Å². The first kappa shape index (κ1) is 14.4. The zero-order chi connectivity index (χ0) is 15.2. The molecule has 0 saturated heterocycles. The highest BCUT2D eigenvalue weighted by atomic mass is 16.5. The van der Waals surface area contributed by atoms with Gasteiger partial charge in [0.15, 0.2) is 0 Å². The lowest BCUT2D eigenvalue weighted by atomic mass is 10.1. The number of nitrogens with two attached hydrogens (primary N) is 1. The second-order valence-electron chi connectivity index (χ2n) is 4.30. The number of nitrogens with zero attached hydrogens (tertiary/aromatic N) is 1. The molecule has 2 aromatic rings. The standard InChI is InChI=1S/C16H14N2O3/c1-20-15-8-11(6-7-12(15)9-17)10-21-14-5-3-2-4-13(14)16(18)19/h2-8H,10H2,1H3,(H2,18,19).